The second-order valence-electron chi connectivity index (χ2n) is 8.29. The van der Waals surface area contributed by atoms with Crippen LogP contribution >= 0.6 is 11.8 Å². The topological polar surface area (TPSA) is 114 Å². The number of thioether (sulfide) groups is 1. The summed E-state index contributed by atoms with van der Waals surface area (Å²) in [5.41, 5.74) is 1.14. The van der Waals surface area contributed by atoms with Gasteiger partial charge in [-0.25, -0.2) is 0 Å². The van der Waals surface area contributed by atoms with Crippen molar-refractivity contribution in [1.29, 1.82) is 0 Å². The number of amides is 3. The molecule has 8 nitrogen and oxygen atoms in total. The maximum Gasteiger partial charge on any atom is 0.255 e. The van der Waals surface area contributed by atoms with Crippen LogP contribution in [0.1, 0.15) is 49.0 Å². The molecular formula is C27H35N3O5S. The lowest BCUT2D eigenvalue weighted by Gasteiger charge is -2.22. The van der Waals surface area contributed by atoms with Gasteiger partial charge in [-0.3, -0.25) is 14.4 Å². The molecule has 0 aromatic heterocycles. The Morgan fingerprint density at radius 1 is 0.944 bits per heavy atom. The average molecular weight is 514 g/mol. The summed E-state index contributed by atoms with van der Waals surface area (Å²) < 4.78 is 5.27. The van der Waals surface area contributed by atoms with Crippen LogP contribution in [-0.4, -0.2) is 54.3 Å². The molecule has 36 heavy (non-hydrogen) atoms. The SMILES string of the molecule is CCCCCSC(C=O)NC(=O)[C@H](C)NC(=O)[C@H](Cc1ccccc1)NC(=O)c1ccccc1OC. The molecule has 0 aliphatic heterocycles. The Hall–Kier alpha value is -3.33. The highest BCUT2D eigenvalue weighted by molar-refractivity contribution is 8.00. The van der Waals surface area contributed by atoms with Crippen molar-refractivity contribution in [3.8, 4) is 5.75 Å². The zero-order valence-electron chi connectivity index (χ0n) is 21.0. The monoisotopic (exact) mass is 513 g/mol. The molecule has 0 saturated heterocycles. The number of hydrogen-bond donors (Lipinski definition) is 3. The predicted molar refractivity (Wildman–Crippen MR) is 142 cm³/mol. The van der Waals surface area contributed by atoms with Crippen molar-refractivity contribution in [3.63, 3.8) is 0 Å². The molecule has 3 N–H and O–H groups in total. The van der Waals surface area contributed by atoms with Crippen molar-refractivity contribution in [2.45, 2.75) is 57.0 Å². The zero-order valence-corrected chi connectivity index (χ0v) is 21.8. The van der Waals surface area contributed by atoms with Crippen LogP contribution in [0.5, 0.6) is 5.75 Å². The first-order valence-corrected chi connectivity index (χ1v) is 13.1. The van der Waals surface area contributed by atoms with Gasteiger partial charge < -0.3 is 25.5 Å². The van der Waals surface area contributed by atoms with E-state index < -0.39 is 35.2 Å². The summed E-state index contributed by atoms with van der Waals surface area (Å²) in [6, 6.07) is 14.2. The van der Waals surface area contributed by atoms with Crippen LogP contribution in [0.2, 0.25) is 0 Å². The zero-order chi connectivity index (χ0) is 26.3. The largest absolute Gasteiger partial charge is 0.496 e. The number of para-hydroxylation sites is 1. The van der Waals surface area contributed by atoms with Gasteiger partial charge >= 0.3 is 0 Å². The maximum atomic E-state index is 13.2. The number of ether oxygens (including phenoxy) is 1. The first-order valence-electron chi connectivity index (χ1n) is 12.0. The van der Waals surface area contributed by atoms with Crippen LogP contribution in [0.25, 0.3) is 0 Å². The molecule has 0 aliphatic rings. The molecule has 0 saturated carbocycles. The molecule has 0 aliphatic carbocycles. The standard InChI is InChI=1S/C27H35N3O5S/c1-4-5-11-16-36-24(18-31)30-25(32)19(2)28-27(34)22(17-20-12-7-6-8-13-20)29-26(33)21-14-9-10-15-23(21)35-3/h6-10,12-15,18-19,22,24H,4-5,11,16-17H2,1-3H3,(H,28,34)(H,29,33)(H,30,32)/t19-,22-,24?/m0/s1. The highest BCUT2D eigenvalue weighted by Crippen LogP contribution is 2.17. The van der Waals surface area contributed by atoms with Crippen LogP contribution in [0.15, 0.2) is 54.6 Å². The van der Waals surface area contributed by atoms with Crippen LogP contribution in [-0.2, 0) is 20.8 Å². The normalized spacial score (nSPS) is 13.1. The van der Waals surface area contributed by atoms with E-state index in [-0.39, 0.29) is 6.42 Å². The van der Waals surface area contributed by atoms with E-state index in [0.29, 0.717) is 17.6 Å². The summed E-state index contributed by atoms with van der Waals surface area (Å²) in [7, 11) is 1.47. The lowest BCUT2D eigenvalue weighted by Crippen LogP contribution is -2.54. The predicted octanol–water partition coefficient (Wildman–Crippen LogP) is 3.11. The van der Waals surface area contributed by atoms with Crippen molar-refractivity contribution in [2.24, 2.45) is 0 Å². The van der Waals surface area contributed by atoms with Gasteiger partial charge in [0.25, 0.3) is 5.91 Å². The summed E-state index contributed by atoms with van der Waals surface area (Å²) in [4.78, 5) is 50.2. The number of nitrogens with one attached hydrogen (secondary N) is 3. The molecule has 0 spiro atoms. The van der Waals surface area contributed by atoms with Crippen LogP contribution in [0, 0.1) is 0 Å². The Balaban J connectivity index is 2.07. The smallest absolute Gasteiger partial charge is 0.255 e. The number of carbonyl (C=O) groups excluding carboxylic acids is 4. The third kappa shape index (κ3) is 9.37. The summed E-state index contributed by atoms with van der Waals surface area (Å²) in [5, 5.41) is 7.41. The third-order valence-corrected chi connectivity index (χ3v) is 6.57. The van der Waals surface area contributed by atoms with Crippen molar-refractivity contribution in [3.05, 3.63) is 65.7 Å². The van der Waals surface area contributed by atoms with E-state index in [1.54, 1.807) is 31.2 Å². The van der Waals surface area contributed by atoms with Gasteiger partial charge in [-0.1, -0.05) is 62.2 Å². The van der Waals surface area contributed by atoms with Gasteiger partial charge in [0.15, 0.2) is 6.29 Å². The van der Waals surface area contributed by atoms with E-state index in [9.17, 15) is 19.2 Å². The quantitative estimate of drug-likeness (QED) is 0.192. The fourth-order valence-corrected chi connectivity index (χ4v) is 4.35. The molecule has 2 aromatic rings. The molecule has 0 fully saturated rings. The van der Waals surface area contributed by atoms with Gasteiger partial charge in [-0.05, 0) is 36.8 Å². The van der Waals surface area contributed by atoms with Gasteiger partial charge in [-0.15, -0.1) is 11.8 Å². The molecule has 0 bridgehead atoms. The molecule has 2 rings (SSSR count). The number of hydrogen-bond acceptors (Lipinski definition) is 6. The minimum absolute atomic E-state index is 0.228. The Morgan fingerprint density at radius 3 is 2.31 bits per heavy atom. The summed E-state index contributed by atoms with van der Waals surface area (Å²) >= 11 is 1.36. The number of methoxy groups -OCH3 is 1. The number of aldehydes is 1. The van der Waals surface area contributed by atoms with Gasteiger partial charge in [0.1, 0.15) is 23.2 Å². The molecular weight excluding hydrogens is 478 g/mol. The molecule has 1 unspecified atom stereocenters. The molecule has 3 amide bonds. The van der Waals surface area contributed by atoms with Crippen LogP contribution in [0.4, 0.5) is 0 Å². The van der Waals surface area contributed by atoms with Crippen LogP contribution < -0.4 is 20.7 Å². The van der Waals surface area contributed by atoms with E-state index in [1.165, 1.54) is 18.9 Å². The third-order valence-electron chi connectivity index (χ3n) is 5.46. The molecule has 2 aromatic carbocycles. The first kappa shape index (κ1) is 28.9. The lowest BCUT2D eigenvalue weighted by molar-refractivity contribution is -0.130. The van der Waals surface area contributed by atoms with E-state index in [4.69, 9.17) is 4.74 Å². The van der Waals surface area contributed by atoms with Crippen molar-refractivity contribution >= 4 is 35.8 Å². The fraction of sp³-hybridized carbons (Fsp3) is 0.407. The van der Waals surface area contributed by atoms with Crippen molar-refractivity contribution in [1.82, 2.24) is 16.0 Å². The van der Waals surface area contributed by atoms with E-state index in [1.807, 2.05) is 30.3 Å². The second-order valence-corrected chi connectivity index (χ2v) is 9.54. The summed E-state index contributed by atoms with van der Waals surface area (Å²) in [6.07, 6.45) is 4.00. The highest BCUT2D eigenvalue weighted by atomic mass is 32.2. The van der Waals surface area contributed by atoms with E-state index >= 15 is 0 Å². The van der Waals surface area contributed by atoms with Gasteiger partial charge in [0.2, 0.25) is 11.8 Å². The summed E-state index contributed by atoms with van der Waals surface area (Å²) in [6.45, 7) is 3.64. The number of rotatable bonds is 15. The van der Waals surface area contributed by atoms with E-state index in [2.05, 4.69) is 22.9 Å². The summed E-state index contributed by atoms with van der Waals surface area (Å²) in [5.74, 6) is -0.309. The second kappa shape index (κ2) is 15.6. The van der Waals surface area contributed by atoms with Crippen molar-refractivity contribution in [2.75, 3.05) is 12.9 Å². The average Bonchev–Trinajstić information content (AvgIpc) is 2.90. The maximum absolute atomic E-state index is 13.2. The fourth-order valence-electron chi connectivity index (χ4n) is 3.45. The van der Waals surface area contributed by atoms with Crippen LogP contribution in [0.3, 0.4) is 0 Å². The Labute approximate surface area is 216 Å². The minimum Gasteiger partial charge on any atom is -0.496 e. The minimum atomic E-state index is -0.939. The highest BCUT2D eigenvalue weighted by Gasteiger charge is 2.27. The lowest BCUT2D eigenvalue weighted by atomic mass is 10.0. The first-order chi connectivity index (χ1) is 17.4. The van der Waals surface area contributed by atoms with Gasteiger partial charge in [0, 0.05) is 6.42 Å². The molecule has 194 valence electrons. The van der Waals surface area contributed by atoms with E-state index in [0.717, 1.165) is 30.6 Å². The molecule has 0 heterocycles. The van der Waals surface area contributed by atoms with Gasteiger partial charge in [-0.2, -0.15) is 0 Å². The molecule has 9 heteroatoms. The Morgan fingerprint density at radius 2 is 1.64 bits per heavy atom. The Kier molecular flexibility index (Phi) is 12.5. The number of carbonyl (C=O) groups is 4. The molecule has 0 radical (unpaired) electrons. The van der Waals surface area contributed by atoms with Crippen molar-refractivity contribution < 1.29 is 23.9 Å². The van der Waals surface area contributed by atoms with Gasteiger partial charge in [0.05, 0.1) is 12.7 Å². The number of unbranched alkanes of at least 4 members (excludes halogenated alkanes) is 2. The Bertz CT molecular complexity index is 1000. The molecule has 3 atom stereocenters. The number of benzene rings is 2.